The molecule has 0 fully saturated rings. The van der Waals surface area contributed by atoms with Crippen LogP contribution in [0.2, 0.25) is 30.8 Å². The van der Waals surface area contributed by atoms with Gasteiger partial charge in [-0.3, -0.25) is 4.57 Å². The molecule has 3 rings (SSSR count). The van der Waals surface area contributed by atoms with E-state index in [4.69, 9.17) is 26.1 Å². The van der Waals surface area contributed by atoms with Crippen LogP contribution in [0.25, 0.3) is 17.2 Å². The summed E-state index contributed by atoms with van der Waals surface area (Å²) >= 11 is 6.62. The van der Waals surface area contributed by atoms with E-state index >= 15 is 0 Å². The molecule has 0 bridgehead atoms. The lowest BCUT2D eigenvalue weighted by Crippen LogP contribution is -2.24. The summed E-state index contributed by atoms with van der Waals surface area (Å²) in [6.07, 6.45) is 5.36. The van der Waals surface area contributed by atoms with Crippen LogP contribution >= 0.6 is 11.6 Å². The zero-order chi connectivity index (χ0) is 24.0. The number of aromatic nitrogens is 3. The Labute approximate surface area is 202 Å². The molecule has 0 unspecified atom stereocenters. The number of imidazole rings is 1. The number of anilines is 1. The molecule has 0 saturated heterocycles. The molecule has 6 nitrogen and oxygen atoms in total. The summed E-state index contributed by atoms with van der Waals surface area (Å²) in [5, 5.41) is 0.389. The quantitative estimate of drug-likeness (QED) is 0.132. The number of hydrogen-bond donors (Lipinski definition) is 0. The summed E-state index contributed by atoms with van der Waals surface area (Å²) in [5.74, 6) is 0.822. The number of halogens is 1. The molecule has 8 heteroatoms. The molecule has 0 spiro atoms. The fraction of sp³-hybridized carbons (Fsp3) is 0.360. The Bertz CT molecular complexity index is 1110. The lowest BCUT2D eigenvalue weighted by molar-refractivity contribution is 0.0895. The average Bonchev–Trinajstić information content (AvgIpc) is 3.17. The smallest absolute Gasteiger partial charge is 0.165 e. The van der Waals surface area contributed by atoms with Crippen molar-refractivity contribution in [2.75, 3.05) is 25.2 Å². The van der Waals surface area contributed by atoms with Gasteiger partial charge in [-0.05, 0) is 23.7 Å². The van der Waals surface area contributed by atoms with Crippen LogP contribution in [-0.2, 0) is 18.0 Å². The first kappa shape index (κ1) is 25.0. The molecule has 0 aliphatic carbocycles. The molecule has 1 aromatic carbocycles. The van der Waals surface area contributed by atoms with E-state index in [2.05, 4.69) is 42.7 Å². The molecule has 2 heterocycles. The summed E-state index contributed by atoms with van der Waals surface area (Å²) < 4.78 is 13.1. The van der Waals surface area contributed by atoms with E-state index in [0.717, 1.165) is 40.7 Å². The average molecular weight is 485 g/mol. The third-order valence-electron chi connectivity index (χ3n) is 5.34. The second-order valence-electron chi connectivity index (χ2n) is 9.12. The molecule has 176 valence electrons. The fourth-order valence-electron chi connectivity index (χ4n) is 3.52. The topological polar surface area (TPSA) is 52.4 Å². The van der Waals surface area contributed by atoms with Gasteiger partial charge in [0.15, 0.2) is 5.65 Å². The fourth-order valence-corrected chi connectivity index (χ4v) is 4.52. The Kier molecular flexibility index (Phi) is 8.34. The molecule has 0 aliphatic heterocycles. The number of methoxy groups -OCH3 is 1. The highest BCUT2D eigenvalue weighted by atomic mass is 35.5. The molecule has 0 aliphatic rings. The van der Waals surface area contributed by atoms with E-state index < -0.39 is 8.07 Å². The Morgan fingerprint density at radius 2 is 1.91 bits per heavy atom. The maximum atomic E-state index is 6.62. The van der Waals surface area contributed by atoms with Crippen LogP contribution in [0.15, 0.2) is 49.8 Å². The molecule has 33 heavy (non-hydrogen) atoms. The molecule has 3 aromatic rings. The van der Waals surface area contributed by atoms with Crippen molar-refractivity contribution in [2.45, 2.75) is 39.0 Å². The highest BCUT2D eigenvalue weighted by Crippen LogP contribution is 2.35. The molecule has 2 aromatic heterocycles. The van der Waals surface area contributed by atoms with E-state index in [1.165, 1.54) is 0 Å². The second-order valence-corrected chi connectivity index (χ2v) is 15.1. The van der Waals surface area contributed by atoms with Crippen LogP contribution in [-0.4, -0.2) is 42.9 Å². The van der Waals surface area contributed by atoms with Crippen molar-refractivity contribution >= 4 is 42.6 Å². The number of benzene rings is 1. The summed E-state index contributed by atoms with van der Waals surface area (Å²) in [5.41, 5.74) is 4.22. The third kappa shape index (κ3) is 6.25. The largest absolute Gasteiger partial charge is 0.497 e. The molecule has 0 radical (unpaired) electrons. The molecule has 0 saturated carbocycles. The van der Waals surface area contributed by atoms with Crippen molar-refractivity contribution in [1.82, 2.24) is 14.5 Å². The summed E-state index contributed by atoms with van der Waals surface area (Å²) in [6.45, 7) is 17.3. The maximum Gasteiger partial charge on any atom is 0.165 e. The normalized spacial score (nSPS) is 11.5. The standard InChI is InChI=1S/C25H33ClN4O2Si/c1-7-13-29(16-19-9-11-20(31-3)12-10-19)23-21(8-2)24(26)28-25-22(23)27-17-30(25)18-32-14-15-33(4,5)6/h7-12,17H,1-2,13-16,18H2,3-6H3. The summed E-state index contributed by atoms with van der Waals surface area (Å²) in [7, 11) is 0.511. The van der Waals surface area contributed by atoms with Crippen LogP contribution in [0.4, 0.5) is 5.69 Å². The van der Waals surface area contributed by atoms with Crippen LogP contribution in [0, 0.1) is 0 Å². The molecule has 0 amide bonds. The molecule has 0 atom stereocenters. The van der Waals surface area contributed by atoms with Gasteiger partial charge >= 0.3 is 0 Å². The van der Waals surface area contributed by atoms with Crippen molar-refractivity contribution in [3.05, 3.63) is 66.1 Å². The summed E-state index contributed by atoms with van der Waals surface area (Å²) in [6, 6.07) is 9.12. The minimum absolute atomic E-state index is 0.386. The van der Waals surface area contributed by atoms with Crippen LogP contribution in [0.3, 0.4) is 0 Å². The highest BCUT2D eigenvalue weighted by molar-refractivity contribution is 6.76. The van der Waals surface area contributed by atoms with E-state index in [-0.39, 0.29) is 0 Å². The predicted octanol–water partition coefficient (Wildman–Crippen LogP) is 6.24. The minimum atomic E-state index is -1.15. The number of fused-ring (bicyclic) bond motifs is 1. The Balaban J connectivity index is 1.96. The van der Waals surface area contributed by atoms with Gasteiger partial charge < -0.3 is 14.4 Å². The lowest BCUT2D eigenvalue weighted by atomic mass is 10.1. The Hall–Kier alpha value is -2.61. The first-order valence-corrected chi connectivity index (χ1v) is 15.1. The number of rotatable bonds is 12. The monoisotopic (exact) mass is 484 g/mol. The third-order valence-corrected chi connectivity index (χ3v) is 7.34. The van der Waals surface area contributed by atoms with Crippen LogP contribution in [0.1, 0.15) is 11.1 Å². The van der Waals surface area contributed by atoms with Crippen molar-refractivity contribution in [3.8, 4) is 5.75 Å². The minimum Gasteiger partial charge on any atom is -0.497 e. The zero-order valence-electron chi connectivity index (χ0n) is 20.0. The SMILES string of the molecule is C=CCN(Cc1ccc(OC)cc1)c1c(C=C)c(Cl)nc2c1ncn2COCC[Si](C)(C)C. The van der Waals surface area contributed by atoms with Crippen molar-refractivity contribution < 1.29 is 9.47 Å². The van der Waals surface area contributed by atoms with Crippen molar-refractivity contribution in [2.24, 2.45) is 0 Å². The van der Waals surface area contributed by atoms with Gasteiger partial charge in [-0.2, -0.15) is 0 Å². The number of ether oxygens (including phenoxy) is 2. The van der Waals surface area contributed by atoms with E-state index in [9.17, 15) is 0 Å². The first-order chi connectivity index (χ1) is 15.8. The molecular weight excluding hydrogens is 452 g/mol. The molecular formula is C25H33ClN4O2Si. The second kappa shape index (κ2) is 11.0. The molecule has 0 N–H and O–H groups in total. The maximum absolute atomic E-state index is 6.62. The van der Waals surface area contributed by atoms with Gasteiger partial charge in [0.2, 0.25) is 0 Å². The van der Waals surface area contributed by atoms with Gasteiger partial charge in [0.1, 0.15) is 23.2 Å². The van der Waals surface area contributed by atoms with Gasteiger partial charge in [0, 0.05) is 33.3 Å². The Morgan fingerprint density at radius 1 is 1.18 bits per heavy atom. The summed E-state index contributed by atoms with van der Waals surface area (Å²) in [4.78, 5) is 11.5. The Morgan fingerprint density at radius 3 is 2.52 bits per heavy atom. The number of hydrogen-bond acceptors (Lipinski definition) is 5. The number of nitrogens with zero attached hydrogens (tertiary/aromatic N) is 4. The predicted molar refractivity (Wildman–Crippen MR) is 141 cm³/mol. The van der Waals surface area contributed by atoms with Crippen LogP contribution < -0.4 is 9.64 Å². The van der Waals surface area contributed by atoms with Gasteiger partial charge in [0.05, 0.1) is 19.1 Å². The van der Waals surface area contributed by atoms with Gasteiger partial charge in [0.25, 0.3) is 0 Å². The zero-order valence-corrected chi connectivity index (χ0v) is 21.7. The van der Waals surface area contributed by atoms with Crippen molar-refractivity contribution in [3.63, 3.8) is 0 Å². The highest BCUT2D eigenvalue weighted by Gasteiger charge is 2.21. The number of pyridine rings is 1. The van der Waals surface area contributed by atoms with Gasteiger partial charge in [-0.1, -0.05) is 62.1 Å². The van der Waals surface area contributed by atoms with Crippen molar-refractivity contribution in [1.29, 1.82) is 0 Å². The first-order valence-electron chi connectivity index (χ1n) is 11.0. The van der Waals surface area contributed by atoms with E-state index in [0.29, 0.717) is 30.6 Å². The van der Waals surface area contributed by atoms with Gasteiger partial charge in [-0.15, -0.1) is 6.58 Å². The lowest BCUT2D eigenvalue weighted by Gasteiger charge is -2.26. The van der Waals surface area contributed by atoms with Gasteiger partial charge in [-0.25, -0.2) is 9.97 Å². The van der Waals surface area contributed by atoms with E-state index in [1.807, 2.05) is 34.9 Å². The van der Waals surface area contributed by atoms with E-state index in [1.54, 1.807) is 19.5 Å². The van der Waals surface area contributed by atoms with Crippen LogP contribution in [0.5, 0.6) is 5.75 Å².